The summed E-state index contributed by atoms with van der Waals surface area (Å²) in [4.78, 5) is -1.35. The third-order valence-electron chi connectivity index (χ3n) is 2.32. The van der Waals surface area contributed by atoms with Crippen molar-refractivity contribution in [2.75, 3.05) is 0 Å². The molecule has 0 fully saturated rings. The lowest BCUT2D eigenvalue weighted by molar-refractivity contribution is -0.137. The Hall–Kier alpha value is -1.66. The molecule has 0 amide bonds. The van der Waals surface area contributed by atoms with Crippen LogP contribution in [0.25, 0.3) is 10.1 Å². The number of halogens is 4. The molecule has 0 spiro atoms. The highest BCUT2D eigenvalue weighted by Crippen LogP contribution is 2.39. The van der Waals surface area contributed by atoms with E-state index in [0.717, 1.165) is 6.07 Å². The number of alkyl halides is 3. The zero-order valence-corrected chi connectivity index (χ0v) is 10.5. The molecule has 0 saturated carbocycles. The summed E-state index contributed by atoms with van der Waals surface area (Å²) in [5, 5.41) is 8.49. The summed E-state index contributed by atoms with van der Waals surface area (Å²) in [7, 11) is -5.17. The largest absolute Gasteiger partial charge is 0.416 e. The fourth-order valence-electron chi connectivity index (χ4n) is 1.56. The molecule has 1 heterocycles. The molecule has 0 aliphatic heterocycles. The lowest BCUT2D eigenvalue weighted by Crippen LogP contribution is -2.04. The first-order valence-electron chi connectivity index (χ1n) is 4.63. The van der Waals surface area contributed by atoms with Gasteiger partial charge in [-0.25, -0.2) is 0 Å². The molecule has 2 aromatic rings. The predicted octanol–water partition coefficient (Wildman–Crippen LogP) is 3.45. The summed E-state index contributed by atoms with van der Waals surface area (Å²) in [6.07, 6.45) is -4.60. The van der Waals surface area contributed by atoms with Crippen LogP contribution in [0.2, 0.25) is 0 Å². The Bertz CT molecular complexity index is 799. The van der Waals surface area contributed by atoms with Crippen molar-refractivity contribution in [2.24, 2.45) is 0 Å². The van der Waals surface area contributed by atoms with Crippen LogP contribution in [0.4, 0.5) is 17.1 Å². The molecule has 2 rings (SSSR count). The molecule has 3 nitrogen and oxygen atoms in total. The van der Waals surface area contributed by atoms with Crippen LogP contribution >= 0.6 is 11.3 Å². The Labute approximate surface area is 108 Å². The molecule has 19 heavy (non-hydrogen) atoms. The van der Waals surface area contributed by atoms with Gasteiger partial charge in [0.25, 0.3) is 0 Å². The van der Waals surface area contributed by atoms with E-state index in [1.54, 1.807) is 0 Å². The Morgan fingerprint density at radius 2 is 1.89 bits per heavy atom. The molecule has 0 saturated heterocycles. The van der Waals surface area contributed by atoms with Crippen molar-refractivity contribution in [3.63, 3.8) is 0 Å². The van der Waals surface area contributed by atoms with Gasteiger partial charge in [-0.3, -0.25) is 0 Å². The molecule has 0 unspecified atom stereocenters. The Balaban J connectivity index is 2.84. The van der Waals surface area contributed by atoms with Crippen molar-refractivity contribution >= 4 is 31.6 Å². The van der Waals surface area contributed by atoms with E-state index < -0.39 is 31.7 Å². The maximum atomic E-state index is 13.1. The van der Waals surface area contributed by atoms with Gasteiger partial charge in [0.1, 0.15) is 15.8 Å². The molecule has 1 aromatic carbocycles. The average Bonchev–Trinajstić information content (AvgIpc) is 2.64. The molecule has 1 aromatic heterocycles. The number of nitrogens with zero attached hydrogens (tertiary/aromatic N) is 1. The number of nitriles is 1. The van der Waals surface area contributed by atoms with Crippen molar-refractivity contribution in [1.29, 1.82) is 5.26 Å². The van der Waals surface area contributed by atoms with E-state index in [2.05, 4.69) is 0 Å². The van der Waals surface area contributed by atoms with Gasteiger partial charge < -0.3 is 0 Å². The van der Waals surface area contributed by atoms with Gasteiger partial charge in [0.2, 0.25) is 0 Å². The normalized spacial score (nSPS) is 12.6. The Morgan fingerprint density at radius 1 is 1.26 bits per heavy atom. The van der Waals surface area contributed by atoms with E-state index in [-0.39, 0.29) is 10.1 Å². The zero-order chi connectivity index (χ0) is 14.4. The molecular weight excluding hydrogens is 306 g/mol. The molecular formula is C10H3F4NO2S2. The zero-order valence-electron chi connectivity index (χ0n) is 8.82. The second-order valence-electron chi connectivity index (χ2n) is 3.52. The molecule has 0 N–H and O–H groups in total. The minimum Gasteiger partial charge on any atom is -0.191 e. The quantitative estimate of drug-likeness (QED) is 0.599. The van der Waals surface area contributed by atoms with Crippen LogP contribution in [0.3, 0.4) is 0 Å². The van der Waals surface area contributed by atoms with Gasteiger partial charge in [-0.2, -0.15) is 26.9 Å². The second-order valence-corrected chi connectivity index (χ2v) is 5.85. The lowest BCUT2D eigenvalue weighted by Gasteiger charge is -2.05. The summed E-state index contributed by atoms with van der Waals surface area (Å²) in [6, 6.07) is 3.65. The summed E-state index contributed by atoms with van der Waals surface area (Å²) >= 11 is 0.501. The lowest BCUT2D eigenvalue weighted by atomic mass is 10.1. The first kappa shape index (κ1) is 13.8. The highest BCUT2D eigenvalue weighted by atomic mass is 32.3. The number of fused-ring (bicyclic) bond motifs is 1. The SMILES string of the molecule is N#Cc1sc2cc(C(F)(F)F)ccc2c1S(=O)(=O)F. The van der Waals surface area contributed by atoms with E-state index in [1.165, 1.54) is 6.07 Å². The first-order valence-corrected chi connectivity index (χ1v) is 6.83. The first-order chi connectivity index (χ1) is 8.64. The number of rotatable bonds is 1. The van der Waals surface area contributed by atoms with Crippen molar-refractivity contribution in [3.05, 3.63) is 28.6 Å². The average molecular weight is 309 g/mol. The predicted molar refractivity (Wildman–Crippen MR) is 59.8 cm³/mol. The number of thiophene rings is 1. The van der Waals surface area contributed by atoms with Gasteiger partial charge >= 0.3 is 16.4 Å². The summed E-state index contributed by atoms with van der Waals surface area (Å²) in [5.41, 5.74) is -0.992. The van der Waals surface area contributed by atoms with Gasteiger partial charge in [-0.1, -0.05) is 6.07 Å². The smallest absolute Gasteiger partial charge is 0.191 e. The molecule has 100 valence electrons. The highest BCUT2D eigenvalue weighted by molar-refractivity contribution is 7.87. The van der Waals surface area contributed by atoms with Crippen molar-refractivity contribution in [2.45, 2.75) is 11.1 Å². The van der Waals surface area contributed by atoms with E-state index in [0.29, 0.717) is 23.5 Å². The standard InChI is InChI=1S/C10H3F4NO2S2/c11-10(12,13)5-1-2-6-7(3-5)18-8(4-15)9(6)19(14,16)17/h1-3H. The van der Waals surface area contributed by atoms with Gasteiger partial charge in [0.05, 0.1) is 5.56 Å². The van der Waals surface area contributed by atoms with Crippen LogP contribution in [0, 0.1) is 11.3 Å². The summed E-state index contributed by atoms with van der Waals surface area (Å²) in [6.45, 7) is 0. The number of hydrogen-bond donors (Lipinski definition) is 0. The van der Waals surface area contributed by atoms with Crippen LogP contribution in [0.15, 0.2) is 23.1 Å². The second kappa shape index (κ2) is 4.18. The third-order valence-corrected chi connectivity index (χ3v) is 4.42. The third kappa shape index (κ3) is 2.41. The van der Waals surface area contributed by atoms with Gasteiger partial charge in [0, 0.05) is 10.1 Å². The Kier molecular flexibility index (Phi) is 3.03. The van der Waals surface area contributed by atoms with E-state index in [9.17, 15) is 25.5 Å². The van der Waals surface area contributed by atoms with Crippen LogP contribution in [0.1, 0.15) is 10.4 Å². The molecule has 0 bridgehead atoms. The number of hydrogen-bond acceptors (Lipinski definition) is 4. The number of benzene rings is 1. The van der Waals surface area contributed by atoms with Crippen LogP contribution < -0.4 is 0 Å². The molecule has 0 aliphatic rings. The minimum absolute atomic E-state index is 0.109. The van der Waals surface area contributed by atoms with Crippen molar-refractivity contribution < 1.29 is 25.5 Å². The Morgan fingerprint density at radius 3 is 2.37 bits per heavy atom. The van der Waals surface area contributed by atoms with Crippen LogP contribution in [0.5, 0.6) is 0 Å². The van der Waals surface area contributed by atoms with Gasteiger partial charge in [-0.05, 0) is 12.1 Å². The van der Waals surface area contributed by atoms with Crippen molar-refractivity contribution in [3.8, 4) is 6.07 Å². The minimum atomic E-state index is -5.17. The summed E-state index contributed by atoms with van der Waals surface area (Å²) < 4.78 is 72.3. The topological polar surface area (TPSA) is 57.9 Å². The van der Waals surface area contributed by atoms with E-state index >= 15 is 0 Å². The van der Waals surface area contributed by atoms with E-state index in [4.69, 9.17) is 5.26 Å². The van der Waals surface area contributed by atoms with Gasteiger partial charge in [0.15, 0.2) is 0 Å². The molecule has 0 radical (unpaired) electrons. The van der Waals surface area contributed by atoms with Crippen LogP contribution in [-0.4, -0.2) is 8.42 Å². The highest BCUT2D eigenvalue weighted by Gasteiger charge is 2.32. The summed E-state index contributed by atoms with van der Waals surface area (Å²) in [5.74, 6) is 0. The van der Waals surface area contributed by atoms with Gasteiger partial charge in [-0.15, -0.1) is 15.2 Å². The fourth-order valence-corrected chi connectivity index (χ4v) is 3.70. The molecule has 0 aliphatic carbocycles. The molecule has 9 heteroatoms. The van der Waals surface area contributed by atoms with E-state index in [1.807, 2.05) is 0 Å². The van der Waals surface area contributed by atoms with Crippen LogP contribution in [-0.2, 0) is 16.4 Å². The van der Waals surface area contributed by atoms with Crippen molar-refractivity contribution in [1.82, 2.24) is 0 Å². The maximum Gasteiger partial charge on any atom is 0.416 e. The molecule has 0 atom stereocenters. The monoisotopic (exact) mass is 309 g/mol. The maximum absolute atomic E-state index is 13.1. The fraction of sp³-hybridized carbons (Fsp3) is 0.100.